The van der Waals surface area contributed by atoms with Crippen LogP contribution in [0, 0.1) is 0 Å². The fourth-order valence-corrected chi connectivity index (χ4v) is 2.98. The van der Waals surface area contributed by atoms with Crippen LogP contribution in [-0.2, 0) is 15.1 Å². The molecule has 0 saturated carbocycles. The molecule has 2 aromatic carbocycles. The van der Waals surface area contributed by atoms with E-state index in [1.54, 1.807) is 0 Å². The number of hydrogen-bond acceptors (Lipinski definition) is 3. The molecule has 0 radical (unpaired) electrons. The van der Waals surface area contributed by atoms with Crippen molar-refractivity contribution in [1.29, 1.82) is 0 Å². The van der Waals surface area contributed by atoms with Gasteiger partial charge in [-0.3, -0.25) is 4.79 Å². The third-order valence-corrected chi connectivity index (χ3v) is 5.32. The van der Waals surface area contributed by atoms with Crippen molar-refractivity contribution in [2.45, 2.75) is 25.9 Å². The van der Waals surface area contributed by atoms with Gasteiger partial charge in [-0.2, -0.15) is 0 Å². The smallest absolute Gasteiger partial charge is 0.309 e. The van der Waals surface area contributed by atoms with Crippen LogP contribution in [0.2, 0.25) is 0 Å². The van der Waals surface area contributed by atoms with Crippen molar-refractivity contribution in [1.82, 2.24) is 0 Å². The van der Waals surface area contributed by atoms with Crippen LogP contribution < -0.4 is 0 Å². The lowest BCUT2D eigenvalue weighted by molar-refractivity contribution is -0.906. The van der Waals surface area contributed by atoms with E-state index < -0.39 is 5.60 Å². The SMILES string of the molecule is CC[N+](C)(CC)CCOC(=O)CC(O)(c1ccccc1)c1ccccc1. The second-order valence-corrected chi connectivity index (χ2v) is 6.97. The number of carbonyl (C=O) groups excluding carboxylic acids is 1. The van der Waals surface area contributed by atoms with Crippen LogP contribution in [0.25, 0.3) is 0 Å². The first-order chi connectivity index (χ1) is 12.4. The number of aliphatic hydroxyl groups is 1. The number of hydrogen-bond donors (Lipinski definition) is 1. The number of carbonyl (C=O) groups is 1. The molecule has 0 heterocycles. The summed E-state index contributed by atoms with van der Waals surface area (Å²) >= 11 is 0. The van der Waals surface area contributed by atoms with Crippen molar-refractivity contribution in [3.8, 4) is 0 Å². The largest absolute Gasteiger partial charge is 0.460 e. The van der Waals surface area contributed by atoms with Gasteiger partial charge in [-0.15, -0.1) is 0 Å². The average molecular weight is 356 g/mol. The van der Waals surface area contributed by atoms with Crippen molar-refractivity contribution in [2.75, 3.05) is 33.3 Å². The van der Waals surface area contributed by atoms with E-state index in [2.05, 4.69) is 20.9 Å². The highest BCUT2D eigenvalue weighted by Gasteiger charge is 2.35. The minimum atomic E-state index is -1.40. The van der Waals surface area contributed by atoms with Crippen LogP contribution in [-0.4, -0.2) is 48.8 Å². The van der Waals surface area contributed by atoms with Crippen LogP contribution in [0.5, 0.6) is 0 Å². The fraction of sp³-hybridized carbons (Fsp3) is 0.409. The van der Waals surface area contributed by atoms with Crippen LogP contribution in [0.15, 0.2) is 60.7 Å². The lowest BCUT2D eigenvalue weighted by atomic mass is 9.83. The van der Waals surface area contributed by atoms with Crippen molar-refractivity contribution in [3.63, 3.8) is 0 Å². The summed E-state index contributed by atoms with van der Waals surface area (Å²) in [6.07, 6.45) is -0.108. The molecule has 0 unspecified atom stereocenters. The molecular weight excluding hydrogens is 326 g/mol. The maximum Gasteiger partial charge on any atom is 0.309 e. The Labute approximate surface area is 156 Å². The molecule has 0 saturated heterocycles. The zero-order valence-corrected chi connectivity index (χ0v) is 16.0. The molecular formula is C22H30NO3+. The van der Waals surface area contributed by atoms with Gasteiger partial charge in [0.05, 0.1) is 26.6 Å². The Morgan fingerprint density at radius 1 is 0.962 bits per heavy atom. The Hall–Kier alpha value is -2.17. The highest BCUT2D eigenvalue weighted by molar-refractivity contribution is 5.72. The summed E-state index contributed by atoms with van der Waals surface area (Å²) in [5, 5.41) is 11.4. The normalized spacial score (nSPS) is 12.0. The summed E-state index contributed by atoms with van der Waals surface area (Å²) in [5.41, 5.74) is -0.0235. The first-order valence-corrected chi connectivity index (χ1v) is 9.26. The molecule has 0 atom stereocenters. The first-order valence-electron chi connectivity index (χ1n) is 9.26. The van der Waals surface area contributed by atoms with Crippen LogP contribution in [0.4, 0.5) is 0 Å². The van der Waals surface area contributed by atoms with E-state index in [9.17, 15) is 9.90 Å². The van der Waals surface area contributed by atoms with Gasteiger partial charge in [0.1, 0.15) is 18.8 Å². The maximum absolute atomic E-state index is 12.5. The molecule has 0 aliphatic rings. The molecule has 0 spiro atoms. The second-order valence-electron chi connectivity index (χ2n) is 6.97. The highest BCUT2D eigenvalue weighted by Crippen LogP contribution is 2.33. The summed E-state index contributed by atoms with van der Waals surface area (Å²) in [4.78, 5) is 12.5. The minimum absolute atomic E-state index is 0.108. The van der Waals surface area contributed by atoms with E-state index in [4.69, 9.17) is 4.74 Å². The first kappa shape index (κ1) is 20.1. The molecule has 4 heteroatoms. The van der Waals surface area contributed by atoms with E-state index in [-0.39, 0.29) is 12.4 Å². The number of esters is 1. The molecule has 2 rings (SSSR count). The van der Waals surface area contributed by atoms with Gasteiger partial charge < -0.3 is 14.3 Å². The molecule has 140 valence electrons. The van der Waals surface area contributed by atoms with Crippen molar-refractivity contribution in [3.05, 3.63) is 71.8 Å². The van der Waals surface area contributed by atoms with Gasteiger partial charge in [0.2, 0.25) is 0 Å². The zero-order chi connectivity index (χ0) is 19.0. The summed E-state index contributed by atoms with van der Waals surface area (Å²) < 4.78 is 6.32. The van der Waals surface area contributed by atoms with Gasteiger partial charge >= 0.3 is 5.97 Å². The van der Waals surface area contributed by atoms with Crippen molar-refractivity contribution in [2.24, 2.45) is 0 Å². The molecule has 0 aromatic heterocycles. The molecule has 0 bridgehead atoms. The Morgan fingerprint density at radius 3 is 1.85 bits per heavy atom. The molecule has 0 aliphatic heterocycles. The standard InChI is InChI=1S/C22H30NO3/c1-4-23(3,5-2)16-17-26-21(24)18-22(25,19-12-8-6-9-13-19)20-14-10-7-11-15-20/h6-15,25H,4-5,16-18H2,1-3H3/q+1. The number of likely N-dealkylation sites (N-methyl/N-ethyl adjacent to an activating group) is 1. The van der Waals surface area contributed by atoms with E-state index in [0.29, 0.717) is 17.7 Å². The molecule has 2 aromatic rings. The van der Waals surface area contributed by atoms with Crippen LogP contribution >= 0.6 is 0 Å². The predicted octanol–water partition coefficient (Wildman–Crippen LogP) is 3.34. The zero-order valence-electron chi connectivity index (χ0n) is 16.0. The topological polar surface area (TPSA) is 46.5 Å². The van der Waals surface area contributed by atoms with Gasteiger partial charge in [-0.1, -0.05) is 60.7 Å². The van der Waals surface area contributed by atoms with Crippen molar-refractivity contribution >= 4 is 5.97 Å². The Kier molecular flexibility index (Phi) is 6.95. The van der Waals surface area contributed by atoms with E-state index in [1.807, 2.05) is 60.7 Å². The fourth-order valence-electron chi connectivity index (χ4n) is 2.98. The van der Waals surface area contributed by atoms with Crippen LogP contribution in [0.1, 0.15) is 31.4 Å². The molecule has 26 heavy (non-hydrogen) atoms. The molecule has 0 amide bonds. The summed E-state index contributed by atoms with van der Waals surface area (Å²) in [5.74, 6) is -0.390. The quantitative estimate of drug-likeness (QED) is 0.554. The number of quaternary nitrogens is 1. The van der Waals surface area contributed by atoms with Crippen molar-refractivity contribution < 1.29 is 19.1 Å². The molecule has 0 fully saturated rings. The lowest BCUT2D eigenvalue weighted by Gasteiger charge is -2.32. The van der Waals surface area contributed by atoms with Gasteiger partial charge in [-0.25, -0.2) is 0 Å². The van der Waals surface area contributed by atoms with E-state index in [0.717, 1.165) is 24.1 Å². The second kappa shape index (κ2) is 8.97. The van der Waals surface area contributed by atoms with E-state index >= 15 is 0 Å². The average Bonchev–Trinajstić information content (AvgIpc) is 2.69. The maximum atomic E-state index is 12.5. The number of benzene rings is 2. The summed E-state index contributed by atoms with van der Waals surface area (Å²) in [6.45, 7) is 7.38. The lowest BCUT2D eigenvalue weighted by Crippen LogP contribution is -2.46. The highest BCUT2D eigenvalue weighted by atomic mass is 16.5. The van der Waals surface area contributed by atoms with Crippen LogP contribution in [0.3, 0.4) is 0 Å². The van der Waals surface area contributed by atoms with Gasteiger partial charge in [0.15, 0.2) is 0 Å². The predicted molar refractivity (Wildman–Crippen MR) is 104 cm³/mol. The Bertz CT molecular complexity index is 642. The molecule has 4 nitrogen and oxygen atoms in total. The molecule has 1 N–H and O–H groups in total. The number of rotatable bonds is 9. The summed E-state index contributed by atoms with van der Waals surface area (Å²) in [7, 11) is 2.15. The number of ether oxygens (including phenoxy) is 1. The monoisotopic (exact) mass is 356 g/mol. The van der Waals surface area contributed by atoms with Gasteiger partial charge in [0.25, 0.3) is 0 Å². The number of nitrogens with zero attached hydrogens (tertiary/aromatic N) is 1. The third kappa shape index (κ3) is 4.93. The Morgan fingerprint density at radius 2 is 1.42 bits per heavy atom. The Balaban J connectivity index is 2.12. The minimum Gasteiger partial charge on any atom is -0.460 e. The van der Waals surface area contributed by atoms with Gasteiger partial charge in [0, 0.05) is 0 Å². The third-order valence-electron chi connectivity index (χ3n) is 5.32. The van der Waals surface area contributed by atoms with E-state index in [1.165, 1.54) is 0 Å². The summed E-state index contributed by atoms with van der Waals surface area (Å²) in [6, 6.07) is 18.6. The van der Waals surface area contributed by atoms with Gasteiger partial charge in [-0.05, 0) is 25.0 Å². The molecule has 0 aliphatic carbocycles.